The summed E-state index contributed by atoms with van der Waals surface area (Å²) in [4.78, 5) is 43.5. The fourth-order valence-corrected chi connectivity index (χ4v) is 5.18. The van der Waals surface area contributed by atoms with Crippen molar-refractivity contribution in [2.24, 2.45) is 22.9 Å². The number of amides is 2. The molecule has 3 fully saturated rings. The van der Waals surface area contributed by atoms with Gasteiger partial charge in [0.05, 0.1) is 40.2 Å². The molecule has 4 heterocycles. The largest absolute Gasteiger partial charge is 0.389 e. The number of nitro groups is 1. The van der Waals surface area contributed by atoms with E-state index in [0.29, 0.717) is 5.69 Å². The van der Waals surface area contributed by atoms with Crippen LogP contribution in [-0.2, 0) is 19.2 Å². The average molecular weight is 405 g/mol. The van der Waals surface area contributed by atoms with Gasteiger partial charge in [-0.3, -0.25) is 19.7 Å². The monoisotopic (exact) mass is 405 g/mol. The van der Waals surface area contributed by atoms with Crippen molar-refractivity contribution in [3.63, 3.8) is 0 Å². The number of anilines is 1. The molecule has 6 unspecified atom stereocenters. The van der Waals surface area contributed by atoms with Gasteiger partial charge >= 0.3 is 0 Å². The zero-order chi connectivity index (χ0) is 20.6. The normalized spacial score (nSPS) is 33.3. The number of imide groups is 1. The molecule has 9 nitrogen and oxygen atoms in total. The van der Waals surface area contributed by atoms with Gasteiger partial charge in [0.25, 0.3) is 5.69 Å². The molecular formula is C21H15N3O6. The van der Waals surface area contributed by atoms with Gasteiger partial charge in [-0.05, 0) is 17.7 Å². The van der Waals surface area contributed by atoms with Gasteiger partial charge in [-0.15, -0.1) is 0 Å². The highest BCUT2D eigenvalue weighted by molar-refractivity contribution is 6.23. The first-order valence-electron chi connectivity index (χ1n) is 9.63. The highest BCUT2D eigenvalue weighted by atomic mass is 16.7. The Kier molecular flexibility index (Phi) is 3.43. The topological polar surface area (TPSA) is 111 Å². The first-order chi connectivity index (χ1) is 14.6. The molecule has 150 valence electrons. The van der Waals surface area contributed by atoms with Crippen molar-refractivity contribution in [2.45, 2.75) is 18.3 Å². The fraction of sp³-hybridized carbons (Fsp3) is 0.286. The van der Waals surface area contributed by atoms with E-state index < -0.39 is 35.1 Å². The zero-order valence-corrected chi connectivity index (χ0v) is 15.5. The third kappa shape index (κ3) is 2.12. The minimum absolute atomic E-state index is 0.104. The molecule has 4 aliphatic rings. The van der Waals surface area contributed by atoms with E-state index >= 15 is 0 Å². The van der Waals surface area contributed by atoms with Crippen LogP contribution in [-0.4, -0.2) is 40.8 Å². The summed E-state index contributed by atoms with van der Waals surface area (Å²) in [6, 6.07) is 15.0. The van der Waals surface area contributed by atoms with E-state index in [1.54, 1.807) is 0 Å². The van der Waals surface area contributed by atoms with Crippen LogP contribution in [0.25, 0.3) is 0 Å². The summed E-state index contributed by atoms with van der Waals surface area (Å²) in [6.07, 6.45) is -1.44. The molecule has 9 heteroatoms. The van der Waals surface area contributed by atoms with Crippen molar-refractivity contribution in [1.82, 2.24) is 0 Å². The summed E-state index contributed by atoms with van der Waals surface area (Å²) < 4.78 is 6.07. The number of carbonyl (C=O) groups excluding carboxylic acids is 2. The third-order valence-corrected chi connectivity index (χ3v) is 6.43. The van der Waals surface area contributed by atoms with Gasteiger partial charge in [0, 0.05) is 12.1 Å². The van der Waals surface area contributed by atoms with E-state index in [1.165, 1.54) is 24.3 Å². The van der Waals surface area contributed by atoms with Crippen LogP contribution in [0.3, 0.4) is 0 Å². The predicted molar refractivity (Wildman–Crippen MR) is 103 cm³/mol. The average Bonchev–Trinajstić information content (AvgIpc) is 3.49. The summed E-state index contributed by atoms with van der Waals surface area (Å²) >= 11 is 0. The molecule has 6 rings (SSSR count). The number of non-ortho nitro benzene ring substituents is 1. The summed E-state index contributed by atoms with van der Waals surface area (Å²) in [5.74, 6) is -2.17. The Morgan fingerprint density at radius 2 is 1.53 bits per heavy atom. The van der Waals surface area contributed by atoms with Gasteiger partial charge in [0.2, 0.25) is 11.8 Å². The van der Waals surface area contributed by atoms with E-state index in [0.717, 1.165) is 16.2 Å². The van der Waals surface area contributed by atoms with Crippen LogP contribution >= 0.6 is 0 Å². The smallest absolute Gasteiger partial charge is 0.269 e. The van der Waals surface area contributed by atoms with E-state index in [1.807, 2.05) is 30.3 Å². The Balaban J connectivity index is 1.33. The molecule has 0 N–H and O–H groups in total. The second kappa shape index (κ2) is 5.96. The van der Waals surface area contributed by atoms with Gasteiger partial charge < -0.3 is 9.57 Å². The Labute approximate surface area is 170 Å². The van der Waals surface area contributed by atoms with Crippen LogP contribution in [0.15, 0.2) is 59.8 Å². The minimum atomic E-state index is -0.635. The zero-order valence-electron chi connectivity index (χ0n) is 15.5. The molecule has 3 saturated heterocycles. The molecule has 0 aromatic heterocycles. The van der Waals surface area contributed by atoms with Crippen molar-refractivity contribution in [2.75, 3.05) is 4.90 Å². The van der Waals surface area contributed by atoms with Crippen LogP contribution < -0.4 is 4.90 Å². The first kappa shape index (κ1) is 17.3. The summed E-state index contributed by atoms with van der Waals surface area (Å²) in [5, 5.41) is 15.1. The van der Waals surface area contributed by atoms with Gasteiger partial charge in [-0.1, -0.05) is 35.5 Å². The molecular weight excluding hydrogens is 390 g/mol. The van der Waals surface area contributed by atoms with Crippen LogP contribution in [0.5, 0.6) is 0 Å². The molecule has 30 heavy (non-hydrogen) atoms. The Morgan fingerprint density at radius 3 is 2.20 bits per heavy atom. The number of carbonyl (C=O) groups is 2. The van der Waals surface area contributed by atoms with E-state index in [4.69, 9.17) is 9.57 Å². The predicted octanol–water partition coefficient (Wildman–Crippen LogP) is 1.90. The molecule has 2 amide bonds. The maximum Gasteiger partial charge on any atom is 0.269 e. The van der Waals surface area contributed by atoms with Crippen LogP contribution in [0.1, 0.15) is 5.56 Å². The molecule has 2 aromatic carbocycles. The second-order valence-corrected chi connectivity index (χ2v) is 7.84. The van der Waals surface area contributed by atoms with E-state index in [2.05, 4.69) is 5.16 Å². The molecule has 6 atom stereocenters. The van der Waals surface area contributed by atoms with Crippen molar-refractivity contribution in [1.29, 1.82) is 0 Å². The first-order valence-corrected chi connectivity index (χ1v) is 9.63. The maximum absolute atomic E-state index is 13.2. The van der Waals surface area contributed by atoms with Crippen LogP contribution in [0.4, 0.5) is 11.4 Å². The lowest BCUT2D eigenvalue weighted by atomic mass is 9.71. The van der Waals surface area contributed by atoms with Gasteiger partial charge in [-0.2, -0.15) is 0 Å². The standard InChI is InChI=1S/C21H15N3O6/c25-20-13-14(21(26)23(20)11-6-8-12(9-7-11)24(27)28)18-19-15(17(13)29-18)16(22-30-19)10-4-2-1-3-5-10/h1-9,13-15,17-19H. The Hall–Kier alpha value is -3.59. The van der Waals surface area contributed by atoms with Gasteiger partial charge in [-0.25, -0.2) is 4.90 Å². The van der Waals surface area contributed by atoms with Crippen molar-refractivity contribution < 1.29 is 24.1 Å². The molecule has 2 aromatic rings. The lowest BCUT2D eigenvalue weighted by Crippen LogP contribution is -2.45. The molecule has 0 spiro atoms. The molecule has 4 aliphatic heterocycles. The van der Waals surface area contributed by atoms with E-state index in [-0.39, 0.29) is 23.4 Å². The van der Waals surface area contributed by atoms with Crippen molar-refractivity contribution >= 4 is 28.9 Å². The lowest BCUT2D eigenvalue weighted by molar-refractivity contribution is -0.384. The fourth-order valence-electron chi connectivity index (χ4n) is 5.18. The van der Waals surface area contributed by atoms with Crippen LogP contribution in [0.2, 0.25) is 0 Å². The molecule has 0 radical (unpaired) electrons. The summed E-state index contributed by atoms with van der Waals surface area (Å²) in [6.45, 7) is 0. The number of ether oxygens (including phenoxy) is 1. The number of rotatable bonds is 3. The third-order valence-electron chi connectivity index (χ3n) is 6.43. The molecule has 0 aliphatic carbocycles. The summed E-state index contributed by atoms with van der Waals surface area (Å²) in [7, 11) is 0. The van der Waals surface area contributed by atoms with Crippen LogP contribution in [0, 0.1) is 27.9 Å². The number of hydrogen-bond acceptors (Lipinski definition) is 7. The molecule has 2 bridgehead atoms. The maximum atomic E-state index is 13.2. The highest BCUT2D eigenvalue weighted by Crippen LogP contribution is 2.55. The second-order valence-electron chi connectivity index (χ2n) is 7.84. The number of hydrogen-bond donors (Lipinski definition) is 0. The quantitative estimate of drug-likeness (QED) is 0.438. The number of oxime groups is 1. The Morgan fingerprint density at radius 1 is 0.867 bits per heavy atom. The number of fused-ring (bicyclic) bond motifs is 8. The summed E-state index contributed by atoms with van der Waals surface area (Å²) in [5.41, 5.74) is 1.86. The highest BCUT2D eigenvalue weighted by Gasteiger charge is 2.72. The minimum Gasteiger partial charge on any atom is -0.389 e. The number of benzene rings is 2. The SMILES string of the molecule is O=C1C2C3OC(C4C(c5ccccc5)=NOC34)C2C(=O)N1c1ccc([N+](=O)[O-])cc1. The van der Waals surface area contributed by atoms with E-state index in [9.17, 15) is 19.7 Å². The Bertz CT molecular complexity index is 1120. The van der Waals surface area contributed by atoms with Crippen molar-refractivity contribution in [3.8, 4) is 0 Å². The molecule has 0 saturated carbocycles. The number of nitrogens with zero attached hydrogens (tertiary/aromatic N) is 3. The van der Waals surface area contributed by atoms with Gasteiger partial charge in [0.15, 0.2) is 6.10 Å². The lowest BCUT2D eigenvalue weighted by Gasteiger charge is -2.26. The van der Waals surface area contributed by atoms with Gasteiger partial charge in [0.1, 0.15) is 6.10 Å². The van der Waals surface area contributed by atoms with Crippen molar-refractivity contribution in [3.05, 3.63) is 70.3 Å². The number of nitro benzene ring substituents is 1.